The zero-order chi connectivity index (χ0) is 12.9. The van der Waals surface area contributed by atoms with Crippen LogP contribution in [0.4, 0.5) is 0 Å². The summed E-state index contributed by atoms with van der Waals surface area (Å²) in [5.74, 6) is 0. The van der Waals surface area contributed by atoms with Gasteiger partial charge in [0.1, 0.15) is 0 Å². The Balaban J connectivity index is 2.42. The van der Waals surface area contributed by atoms with Crippen LogP contribution in [0.25, 0.3) is 0 Å². The normalized spacial score (nSPS) is 39.0. The number of hydrogen-bond donors (Lipinski definition) is 5. The first kappa shape index (κ1) is 13.4. The molecule has 2 aliphatic rings. The minimum atomic E-state index is -4.96. The van der Waals surface area contributed by atoms with Crippen LogP contribution in [0.3, 0.4) is 0 Å². The fraction of sp³-hybridized carbons (Fsp3) is 1.00. The van der Waals surface area contributed by atoms with Crippen molar-refractivity contribution in [2.75, 3.05) is 13.1 Å². The first-order valence-corrected chi connectivity index (χ1v) is 8.22. The van der Waals surface area contributed by atoms with Crippen molar-refractivity contribution in [2.24, 2.45) is 0 Å². The minimum absolute atomic E-state index is 0.284. The molecule has 0 spiro atoms. The molecule has 2 unspecified atom stereocenters. The standard InChI is InChI=1S/C7H15N2O6PS/c10-16(11,12)7(17(13,14)15)3-5-6(4-7)9-2-1-8-5/h5-6,8-9H,1-4H2,(H2,10,11,12)(H,13,14,15). The van der Waals surface area contributed by atoms with Crippen LogP contribution in [0.15, 0.2) is 0 Å². The highest BCUT2D eigenvalue weighted by Crippen LogP contribution is 2.61. The van der Waals surface area contributed by atoms with E-state index in [9.17, 15) is 27.3 Å². The molecule has 0 aromatic heterocycles. The van der Waals surface area contributed by atoms with Gasteiger partial charge in [0.2, 0.25) is 4.49 Å². The van der Waals surface area contributed by atoms with Gasteiger partial charge in [0.15, 0.2) is 0 Å². The van der Waals surface area contributed by atoms with E-state index in [-0.39, 0.29) is 24.9 Å². The van der Waals surface area contributed by atoms with Crippen LogP contribution < -0.4 is 10.6 Å². The van der Waals surface area contributed by atoms with Gasteiger partial charge in [0.25, 0.3) is 10.1 Å². The molecule has 17 heavy (non-hydrogen) atoms. The monoisotopic (exact) mass is 286 g/mol. The Morgan fingerprint density at radius 1 is 1.12 bits per heavy atom. The average Bonchev–Trinajstić information content (AvgIpc) is 2.55. The van der Waals surface area contributed by atoms with E-state index in [1.807, 2.05) is 0 Å². The molecule has 1 saturated carbocycles. The second kappa shape index (κ2) is 3.99. The second-order valence-corrected chi connectivity index (χ2v) is 8.47. The van der Waals surface area contributed by atoms with E-state index in [1.165, 1.54) is 0 Å². The van der Waals surface area contributed by atoms with Crippen molar-refractivity contribution in [3.63, 3.8) is 0 Å². The van der Waals surface area contributed by atoms with Crippen LogP contribution in [0.5, 0.6) is 0 Å². The lowest BCUT2D eigenvalue weighted by molar-refractivity contribution is 0.337. The molecule has 0 radical (unpaired) electrons. The van der Waals surface area contributed by atoms with Gasteiger partial charge in [0.05, 0.1) is 0 Å². The molecule has 1 aliphatic heterocycles. The summed E-state index contributed by atoms with van der Waals surface area (Å²) in [6.45, 7) is 1.20. The molecule has 1 heterocycles. The number of hydrogen-bond acceptors (Lipinski definition) is 5. The van der Waals surface area contributed by atoms with Crippen LogP contribution in [0.2, 0.25) is 0 Å². The summed E-state index contributed by atoms with van der Waals surface area (Å²) < 4.78 is 41.0. The predicted molar refractivity (Wildman–Crippen MR) is 59.1 cm³/mol. The molecular weight excluding hydrogens is 271 g/mol. The van der Waals surface area contributed by atoms with E-state index in [2.05, 4.69) is 10.6 Å². The van der Waals surface area contributed by atoms with Crippen molar-refractivity contribution in [3.8, 4) is 0 Å². The van der Waals surface area contributed by atoms with Gasteiger partial charge in [-0.15, -0.1) is 0 Å². The Bertz CT molecular complexity index is 445. The zero-order valence-corrected chi connectivity index (χ0v) is 10.6. The fourth-order valence-corrected chi connectivity index (χ4v) is 5.45. The van der Waals surface area contributed by atoms with Gasteiger partial charge in [-0.05, 0) is 12.8 Å². The third kappa shape index (κ3) is 2.06. The van der Waals surface area contributed by atoms with Crippen molar-refractivity contribution in [1.29, 1.82) is 0 Å². The smallest absolute Gasteiger partial charge is 0.323 e. The van der Waals surface area contributed by atoms with Crippen molar-refractivity contribution in [1.82, 2.24) is 10.6 Å². The highest BCUT2D eigenvalue weighted by atomic mass is 32.2. The third-order valence-corrected chi connectivity index (χ3v) is 7.64. The Kier molecular flexibility index (Phi) is 3.15. The maximum atomic E-state index is 11.4. The van der Waals surface area contributed by atoms with Crippen molar-refractivity contribution in [3.05, 3.63) is 0 Å². The minimum Gasteiger partial charge on any atom is -0.323 e. The highest BCUT2D eigenvalue weighted by molar-refractivity contribution is 7.95. The summed E-state index contributed by atoms with van der Waals surface area (Å²) in [4.78, 5) is 18.5. The second-order valence-electron chi connectivity index (χ2n) is 4.49. The maximum absolute atomic E-state index is 11.4. The Labute approximate surface area is 98.7 Å². The fourth-order valence-electron chi connectivity index (χ4n) is 2.60. The van der Waals surface area contributed by atoms with Crippen molar-refractivity contribution < 1.29 is 27.3 Å². The van der Waals surface area contributed by atoms with Crippen LogP contribution in [-0.4, -0.2) is 52.4 Å². The lowest BCUT2D eigenvalue weighted by Crippen LogP contribution is -2.52. The Morgan fingerprint density at radius 3 is 1.82 bits per heavy atom. The van der Waals surface area contributed by atoms with Gasteiger partial charge in [-0.1, -0.05) is 0 Å². The summed E-state index contributed by atoms with van der Waals surface area (Å²) >= 11 is 0. The average molecular weight is 286 g/mol. The van der Waals surface area contributed by atoms with E-state index >= 15 is 0 Å². The molecule has 1 saturated heterocycles. The molecule has 100 valence electrons. The van der Waals surface area contributed by atoms with E-state index in [0.29, 0.717) is 13.1 Å². The van der Waals surface area contributed by atoms with Crippen LogP contribution in [-0.2, 0) is 14.7 Å². The molecule has 1 aliphatic carbocycles. The van der Waals surface area contributed by atoms with Crippen molar-refractivity contribution >= 4 is 17.7 Å². The van der Waals surface area contributed by atoms with Crippen LogP contribution >= 0.6 is 7.60 Å². The van der Waals surface area contributed by atoms with Gasteiger partial charge in [0, 0.05) is 25.2 Å². The molecule has 0 bridgehead atoms. The number of piperazine rings is 1. The first-order chi connectivity index (χ1) is 7.67. The summed E-state index contributed by atoms with van der Waals surface area (Å²) in [6.07, 6.45) is -0.568. The topological polar surface area (TPSA) is 136 Å². The van der Waals surface area contributed by atoms with E-state index in [4.69, 9.17) is 0 Å². The quantitative estimate of drug-likeness (QED) is 0.305. The molecule has 0 amide bonds. The summed E-state index contributed by atoms with van der Waals surface area (Å²) in [5, 5.41) is 6.00. The lowest BCUT2D eigenvalue weighted by Gasteiger charge is -2.27. The maximum Gasteiger partial charge on any atom is 0.349 e. The number of nitrogens with one attached hydrogen (secondary N) is 2. The zero-order valence-electron chi connectivity index (χ0n) is 8.90. The predicted octanol–water partition coefficient (Wildman–Crippen LogP) is -1.53. The molecule has 2 rings (SSSR count). The molecule has 0 aromatic rings. The van der Waals surface area contributed by atoms with Crippen molar-refractivity contribution in [2.45, 2.75) is 29.4 Å². The number of rotatable bonds is 2. The van der Waals surface area contributed by atoms with E-state index in [0.717, 1.165) is 0 Å². The molecule has 2 fully saturated rings. The highest BCUT2D eigenvalue weighted by Gasteiger charge is 2.64. The molecule has 5 N–H and O–H groups in total. The third-order valence-electron chi connectivity index (χ3n) is 3.51. The van der Waals surface area contributed by atoms with E-state index in [1.54, 1.807) is 0 Å². The van der Waals surface area contributed by atoms with Crippen LogP contribution in [0, 0.1) is 0 Å². The molecule has 8 nitrogen and oxygen atoms in total. The van der Waals surface area contributed by atoms with Gasteiger partial charge < -0.3 is 20.4 Å². The molecular formula is C7H15N2O6PS. The van der Waals surface area contributed by atoms with Crippen LogP contribution in [0.1, 0.15) is 12.8 Å². The lowest BCUT2D eigenvalue weighted by atomic mass is 10.1. The molecule has 0 aromatic carbocycles. The Morgan fingerprint density at radius 2 is 1.53 bits per heavy atom. The summed E-state index contributed by atoms with van der Waals surface area (Å²) in [5.41, 5.74) is 0. The molecule has 2 atom stereocenters. The summed E-state index contributed by atoms with van der Waals surface area (Å²) in [6, 6.07) is -0.698. The largest absolute Gasteiger partial charge is 0.349 e. The van der Waals surface area contributed by atoms with Gasteiger partial charge in [-0.25, -0.2) is 0 Å². The number of fused-ring (bicyclic) bond motifs is 1. The first-order valence-electron chi connectivity index (χ1n) is 5.17. The van der Waals surface area contributed by atoms with Gasteiger partial charge in [-0.3, -0.25) is 9.12 Å². The van der Waals surface area contributed by atoms with Gasteiger partial charge >= 0.3 is 7.60 Å². The van der Waals surface area contributed by atoms with E-state index < -0.39 is 22.2 Å². The SMILES string of the molecule is O=P(O)(O)C1(S(=O)(=O)O)CC2NCCNC2C1. The summed E-state index contributed by atoms with van der Waals surface area (Å²) in [7, 11) is -9.78. The molecule has 10 heteroatoms. The van der Waals surface area contributed by atoms with Gasteiger partial charge in [-0.2, -0.15) is 8.42 Å². The Hall–Kier alpha value is -0.0200.